The molecule has 0 saturated carbocycles. The number of alkyl halides is 3. The molecule has 0 aromatic heterocycles. The molecule has 1 amide bonds. The Morgan fingerprint density at radius 1 is 1.50 bits per heavy atom. The van der Waals surface area contributed by atoms with E-state index in [0.29, 0.717) is 19.4 Å². The number of nitrogens with one attached hydrogen (secondary N) is 2. The average Bonchev–Trinajstić information content (AvgIpc) is 2.42. The number of hydrogen-bond donors (Lipinski definition) is 2. The first-order valence-corrected chi connectivity index (χ1v) is 7.36. The van der Waals surface area contributed by atoms with E-state index in [9.17, 15) is 9.59 Å². The van der Waals surface area contributed by atoms with E-state index < -0.39 is 15.8 Å². The topological polar surface area (TPSA) is 70.7 Å². The SMILES string of the molecule is CNC(C)C(=O)N1CCCC(C(=O)OCC(Cl)(Cl)Cl)N1. The Kier molecular flexibility index (Phi) is 6.81. The second-order valence-corrected chi connectivity index (χ2v) is 7.06. The summed E-state index contributed by atoms with van der Waals surface area (Å²) in [6.07, 6.45) is 1.26. The maximum absolute atomic E-state index is 12.0. The normalized spacial score (nSPS) is 21.4. The lowest BCUT2D eigenvalue weighted by Gasteiger charge is -2.34. The second-order valence-electron chi connectivity index (χ2n) is 4.55. The number of rotatable bonds is 4. The standard InChI is InChI=1S/C11H18Cl3N3O3/c1-7(15-2)9(18)17-5-3-4-8(16-17)10(19)20-6-11(12,13)14/h7-8,15-16H,3-6H2,1-2H3. The van der Waals surface area contributed by atoms with E-state index in [1.54, 1.807) is 14.0 Å². The van der Waals surface area contributed by atoms with Gasteiger partial charge in [-0.3, -0.25) is 14.6 Å². The van der Waals surface area contributed by atoms with E-state index >= 15 is 0 Å². The molecular weight excluding hydrogens is 328 g/mol. The Bertz CT molecular complexity index is 363. The van der Waals surface area contributed by atoms with Crippen LogP contribution in [0.15, 0.2) is 0 Å². The Labute approximate surface area is 133 Å². The first-order valence-electron chi connectivity index (χ1n) is 6.23. The first kappa shape index (κ1) is 17.8. The van der Waals surface area contributed by atoms with Crippen LogP contribution in [0.4, 0.5) is 0 Å². The molecule has 0 spiro atoms. The van der Waals surface area contributed by atoms with E-state index in [1.165, 1.54) is 5.01 Å². The lowest BCUT2D eigenvalue weighted by Crippen LogP contribution is -2.58. The molecule has 2 N–H and O–H groups in total. The van der Waals surface area contributed by atoms with E-state index in [4.69, 9.17) is 39.5 Å². The predicted molar refractivity (Wildman–Crippen MR) is 77.6 cm³/mol. The average molecular weight is 347 g/mol. The number of ether oxygens (including phenoxy) is 1. The van der Waals surface area contributed by atoms with Crippen molar-refractivity contribution in [2.24, 2.45) is 0 Å². The molecule has 1 saturated heterocycles. The van der Waals surface area contributed by atoms with Gasteiger partial charge in [0.1, 0.15) is 12.6 Å². The molecule has 1 fully saturated rings. The largest absolute Gasteiger partial charge is 0.460 e. The minimum Gasteiger partial charge on any atom is -0.460 e. The quantitative estimate of drug-likeness (QED) is 0.587. The van der Waals surface area contributed by atoms with Gasteiger partial charge in [-0.1, -0.05) is 34.8 Å². The van der Waals surface area contributed by atoms with Gasteiger partial charge in [-0.25, -0.2) is 5.43 Å². The highest BCUT2D eigenvalue weighted by molar-refractivity contribution is 6.67. The van der Waals surface area contributed by atoms with Crippen LogP contribution in [-0.2, 0) is 14.3 Å². The Morgan fingerprint density at radius 3 is 2.70 bits per heavy atom. The number of carbonyl (C=O) groups is 2. The number of carbonyl (C=O) groups excluding carboxylic acids is 2. The fourth-order valence-electron chi connectivity index (χ4n) is 1.73. The highest BCUT2D eigenvalue weighted by atomic mass is 35.6. The number of likely N-dealkylation sites (N-methyl/N-ethyl adjacent to an activating group) is 1. The van der Waals surface area contributed by atoms with Gasteiger partial charge in [0.2, 0.25) is 3.79 Å². The van der Waals surface area contributed by atoms with Gasteiger partial charge < -0.3 is 10.1 Å². The summed E-state index contributed by atoms with van der Waals surface area (Å²) < 4.78 is 3.27. The molecule has 20 heavy (non-hydrogen) atoms. The van der Waals surface area contributed by atoms with Crippen molar-refractivity contribution in [1.29, 1.82) is 0 Å². The summed E-state index contributed by atoms with van der Waals surface area (Å²) in [5.74, 6) is -0.669. The molecule has 0 aromatic carbocycles. The summed E-state index contributed by atoms with van der Waals surface area (Å²) >= 11 is 16.5. The molecule has 1 aliphatic rings. The smallest absolute Gasteiger partial charge is 0.325 e. The van der Waals surface area contributed by atoms with Crippen LogP contribution < -0.4 is 10.7 Å². The molecule has 116 valence electrons. The van der Waals surface area contributed by atoms with Crippen molar-refractivity contribution in [2.45, 2.75) is 35.6 Å². The summed E-state index contributed by atoms with van der Waals surface area (Å²) in [7, 11) is 1.69. The molecule has 6 nitrogen and oxygen atoms in total. The molecular formula is C11H18Cl3N3O3. The number of amides is 1. The molecule has 2 unspecified atom stereocenters. The monoisotopic (exact) mass is 345 g/mol. The third-order valence-electron chi connectivity index (χ3n) is 2.92. The van der Waals surface area contributed by atoms with Gasteiger partial charge >= 0.3 is 5.97 Å². The van der Waals surface area contributed by atoms with Crippen LogP contribution >= 0.6 is 34.8 Å². The van der Waals surface area contributed by atoms with Crippen molar-refractivity contribution in [3.63, 3.8) is 0 Å². The van der Waals surface area contributed by atoms with E-state index in [1.807, 2.05) is 0 Å². The zero-order valence-corrected chi connectivity index (χ0v) is 13.6. The molecule has 1 aliphatic heterocycles. The molecule has 9 heteroatoms. The van der Waals surface area contributed by atoms with Gasteiger partial charge in [-0.2, -0.15) is 0 Å². The van der Waals surface area contributed by atoms with Crippen LogP contribution in [0.5, 0.6) is 0 Å². The Balaban J connectivity index is 2.52. The van der Waals surface area contributed by atoms with E-state index in [0.717, 1.165) is 0 Å². The number of hydrogen-bond acceptors (Lipinski definition) is 5. The van der Waals surface area contributed by atoms with Crippen molar-refractivity contribution >= 4 is 46.7 Å². The lowest BCUT2D eigenvalue weighted by atomic mass is 10.1. The van der Waals surface area contributed by atoms with Gasteiger partial charge in [-0.05, 0) is 26.8 Å². The summed E-state index contributed by atoms with van der Waals surface area (Å²) in [6, 6.07) is -0.942. The number of hydrazine groups is 1. The number of halogens is 3. The maximum atomic E-state index is 12.0. The van der Waals surface area contributed by atoms with Gasteiger partial charge in [0.15, 0.2) is 0 Å². The van der Waals surface area contributed by atoms with Crippen LogP contribution in [0.1, 0.15) is 19.8 Å². The van der Waals surface area contributed by atoms with Crippen LogP contribution in [0.2, 0.25) is 0 Å². The minimum absolute atomic E-state index is 0.133. The third kappa shape index (κ3) is 5.61. The Hall–Kier alpha value is -0.270. The van der Waals surface area contributed by atoms with Crippen LogP contribution in [0.3, 0.4) is 0 Å². The van der Waals surface area contributed by atoms with Crippen molar-refractivity contribution in [2.75, 3.05) is 20.2 Å². The van der Waals surface area contributed by atoms with E-state index in [-0.39, 0.29) is 18.6 Å². The van der Waals surface area contributed by atoms with E-state index in [2.05, 4.69) is 10.7 Å². The van der Waals surface area contributed by atoms with Crippen LogP contribution in [0.25, 0.3) is 0 Å². The molecule has 0 aromatic rings. The van der Waals surface area contributed by atoms with Gasteiger partial charge in [0.05, 0.1) is 6.04 Å². The fraction of sp³-hybridized carbons (Fsp3) is 0.818. The van der Waals surface area contributed by atoms with Gasteiger partial charge in [-0.15, -0.1) is 0 Å². The van der Waals surface area contributed by atoms with Crippen LogP contribution in [-0.4, -0.2) is 53.0 Å². The lowest BCUT2D eigenvalue weighted by molar-refractivity contribution is -0.152. The van der Waals surface area contributed by atoms with Crippen molar-refractivity contribution < 1.29 is 14.3 Å². The van der Waals surface area contributed by atoms with Gasteiger partial charge in [0.25, 0.3) is 5.91 Å². The summed E-state index contributed by atoms with van der Waals surface area (Å²) in [5, 5.41) is 4.27. The fourth-order valence-corrected chi connectivity index (χ4v) is 1.89. The zero-order valence-electron chi connectivity index (χ0n) is 11.3. The zero-order chi connectivity index (χ0) is 15.3. The summed E-state index contributed by atoms with van der Waals surface area (Å²) in [6.45, 7) is 1.96. The van der Waals surface area contributed by atoms with Crippen molar-refractivity contribution in [3.8, 4) is 0 Å². The summed E-state index contributed by atoms with van der Waals surface area (Å²) in [5.41, 5.74) is 2.84. The van der Waals surface area contributed by atoms with Crippen LogP contribution in [0, 0.1) is 0 Å². The molecule has 1 rings (SSSR count). The molecule has 0 aliphatic carbocycles. The first-order chi connectivity index (χ1) is 9.24. The molecule has 0 radical (unpaired) electrons. The second kappa shape index (κ2) is 7.66. The molecule has 0 bridgehead atoms. The van der Waals surface area contributed by atoms with Crippen molar-refractivity contribution in [1.82, 2.24) is 15.8 Å². The van der Waals surface area contributed by atoms with Gasteiger partial charge in [0, 0.05) is 6.54 Å². The minimum atomic E-state index is -1.64. The number of esters is 1. The highest BCUT2D eigenvalue weighted by Crippen LogP contribution is 2.26. The number of nitrogens with zero attached hydrogens (tertiary/aromatic N) is 1. The predicted octanol–water partition coefficient (Wildman–Crippen LogP) is 1.00. The summed E-state index contributed by atoms with van der Waals surface area (Å²) in [4.78, 5) is 23.8. The highest BCUT2D eigenvalue weighted by Gasteiger charge is 2.32. The molecule has 2 atom stereocenters. The van der Waals surface area contributed by atoms with Crippen molar-refractivity contribution in [3.05, 3.63) is 0 Å². The molecule has 1 heterocycles. The third-order valence-corrected chi connectivity index (χ3v) is 3.25. The maximum Gasteiger partial charge on any atom is 0.325 e. The Morgan fingerprint density at radius 2 is 2.15 bits per heavy atom.